The summed E-state index contributed by atoms with van der Waals surface area (Å²) in [7, 11) is 3.16. The molecule has 1 heterocycles. The molecule has 1 saturated heterocycles. The molecule has 0 aromatic heterocycles. The van der Waals surface area contributed by atoms with Crippen molar-refractivity contribution >= 4 is 12.0 Å². The van der Waals surface area contributed by atoms with Crippen molar-refractivity contribution in [2.75, 3.05) is 34.0 Å². The van der Waals surface area contributed by atoms with Gasteiger partial charge in [-0.05, 0) is 54.3 Å². The summed E-state index contributed by atoms with van der Waals surface area (Å²) in [5, 5.41) is 3.00. The Hall–Kier alpha value is -2.86. The van der Waals surface area contributed by atoms with Gasteiger partial charge in [0.2, 0.25) is 5.91 Å². The fourth-order valence-corrected chi connectivity index (χ4v) is 3.55. The van der Waals surface area contributed by atoms with E-state index in [0.717, 1.165) is 24.0 Å². The molecule has 1 N–H and O–H groups in total. The molecule has 3 rings (SSSR count). The molecule has 2 aromatic rings. The van der Waals surface area contributed by atoms with E-state index >= 15 is 0 Å². The van der Waals surface area contributed by atoms with Crippen molar-refractivity contribution in [1.82, 2.24) is 5.32 Å². The average Bonchev–Trinajstić information content (AvgIpc) is 2.77. The third-order valence-corrected chi connectivity index (χ3v) is 5.31. The van der Waals surface area contributed by atoms with E-state index in [0.29, 0.717) is 31.3 Å². The van der Waals surface area contributed by atoms with Crippen molar-refractivity contribution in [2.24, 2.45) is 0 Å². The van der Waals surface area contributed by atoms with E-state index in [1.807, 2.05) is 12.1 Å². The highest BCUT2D eigenvalue weighted by Crippen LogP contribution is 2.34. The van der Waals surface area contributed by atoms with Gasteiger partial charge < -0.3 is 19.5 Å². The van der Waals surface area contributed by atoms with Crippen LogP contribution in [0.3, 0.4) is 0 Å². The monoisotopic (exact) mass is 399 g/mol. The standard InChI is InChI=1S/C23H26FNO4/c1-27-20-13-17(14-21(15-20)28-2)3-8-22(26)25-16-23(9-11-29-12-10-23)18-4-6-19(24)7-5-18/h3-8,13-15H,9-12,16H2,1-2H3,(H,25,26)/b8-3+. The highest BCUT2D eigenvalue weighted by molar-refractivity contribution is 5.91. The number of benzene rings is 2. The van der Waals surface area contributed by atoms with Crippen molar-refractivity contribution in [2.45, 2.75) is 18.3 Å². The van der Waals surface area contributed by atoms with Gasteiger partial charge in [-0.2, -0.15) is 0 Å². The lowest BCUT2D eigenvalue weighted by Crippen LogP contribution is -2.44. The molecule has 2 aromatic carbocycles. The van der Waals surface area contributed by atoms with Crippen molar-refractivity contribution in [3.05, 3.63) is 65.5 Å². The maximum Gasteiger partial charge on any atom is 0.244 e. The van der Waals surface area contributed by atoms with Crippen molar-refractivity contribution in [3.8, 4) is 11.5 Å². The predicted molar refractivity (Wildman–Crippen MR) is 110 cm³/mol. The van der Waals surface area contributed by atoms with Gasteiger partial charge in [-0.15, -0.1) is 0 Å². The molecule has 1 aliphatic rings. The lowest BCUT2D eigenvalue weighted by molar-refractivity contribution is -0.116. The number of nitrogens with one attached hydrogen (secondary N) is 1. The third kappa shape index (κ3) is 5.35. The maximum atomic E-state index is 13.3. The molecule has 0 bridgehead atoms. The molecule has 1 amide bonds. The Kier molecular flexibility index (Phi) is 6.88. The molecule has 0 unspecified atom stereocenters. The number of hydrogen-bond acceptors (Lipinski definition) is 4. The maximum absolute atomic E-state index is 13.3. The van der Waals surface area contributed by atoms with Gasteiger partial charge in [0.1, 0.15) is 17.3 Å². The van der Waals surface area contributed by atoms with E-state index in [4.69, 9.17) is 14.2 Å². The number of amides is 1. The lowest BCUT2D eigenvalue weighted by Gasteiger charge is -2.37. The number of carbonyl (C=O) groups excluding carboxylic acids is 1. The average molecular weight is 399 g/mol. The van der Waals surface area contributed by atoms with Crippen LogP contribution in [0.25, 0.3) is 6.08 Å². The van der Waals surface area contributed by atoms with Crippen LogP contribution in [-0.2, 0) is 14.9 Å². The van der Waals surface area contributed by atoms with Crippen LogP contribution in [0.1, 0.15) is 24.0 Å². The second-order valence-corrected chi connectivity index (χ2v) is 7.10. The van der Waals surface area contributed by atoms with Gasteiger partial charge >= 0.3 is 0 Å². The Morgan fingerprint density at radius 3 is 2.31 bits per heavy atom. The molecular weight excluding hydrogens is 373 g/mol. The van der Waals surface area contributed by atoms with Crippen LogP contribution in [0.15, 0.2) is 48.5 Å². The van der Waals surface area contributed by atoms with E-state index in [1.165, 1.54) is 18.2 Å². The first-order chi connectivity index (χ1) is 14.0. The van der Waals surface area contributed by atoms with E-state index < -0.39 is 0 Å². The van der Waals surface area contributed by atoms with Crippen molar-refractivity contribution in [3.63, 3.8) is 0 Å². The van der Waals surface area contributed by atoms with Gasteiger partial charge in [-0.25, -0.2) is 4.39 Å². The predicted octanol–water partition coefficient (Wildman–Crippen LogP) is 3.72. The Morgan fingerprint density at radius 2 is 1.72 bits per heavy atom. The zero-order chi connectivity index (χ0) is 20.7. The van der Waals surface area contributed by atoms with Crippen LogP contribution >= 0.6 is 0 Å². The summed E-state index contributed by atoms with van der Waals surface area (Å²) in [6.07, 6.45) is 4.76. The first kappa shape index (κ1) is 20.9. The number of carbonyl (C=O) groups is 1. The zero-order valence-electron chi connectivity index (χ0n) is 16.7. The second-order valence-electron chi connectivity index (χ2n) is 7.10. The summed E-state index contributed by atoms with van der Waals surface area (Å²) in [6, 6.07) is 11.9. The summed E-state index contributed by atoms with van der Waals surface area (Å²) in [6.45, 7) is 1.70. The van der Waals surface area contributed by atoms with Gasteiger partial charge in [-0.3, -0.25) is 4.79 Å². The molecule has 0 radical (unpaired) electrons. The SMILES string of the molecule is COc1cc(/C=C/C(=O)NCC2(c3ccc(F)cc3)CCOCC2)cc(OC)c1. The molecule has 1 aliphatic heterocycles. The quantitative estimate of drug-likeness (QED) is 0.721. The zero-order valence-corrected chi connectivity index (χ0v) is 16.7. The summed E-state index contributed by atoms with van der Waals surface area (Å²) in [4.78, 5) is 12.4. The number of rotatable bonds is 7. The summed E-state index contributed by atoms with van der Waals surface area (Å²) >= 11 is 0. The first-order valence-corrected chi connectivity index (χ1v) is 9.57. The molecule has 6 heteroatoms. The fourth-order valence-electron chi connectivity index (χ4n) is 3.55. The lowest BCUT2D eigenvalue weighted by atomic mass is 9.74. The minimum absolute atomic E-state index is 0.195. The topological polar surface area (TPSA) is 56.8 Å². The van der Waals surface area contributed by atoms with Crippen LogP contribution in [0.4, 0.5) is 4.39 Å². The molecule has 29 heavy (non-hydrogen) atoms. The summed E-state index contributed by atoms with van der Waals surface area (Å²) in [5.74, 6) is 0.847. The van der Waals surface area contributed by atoms with Crippen LogP contribution < -0.4 is 14.8 Å². The van der Waals surface area contributed by atoms with E-state index in [9.17, 15) is 9.18 Å². The van der Waals surface area contributed by atoms with Crippen LogP contribution in [0, 0.1) is 5.82 Å². The molecule has 0 spiro atoms. The smallest absolute Gasteiger partial charge is 0.244 e. The highest BCUT2D eigenvalue weighted by atomic mass is 19.1. The van der Waals surface area contributed by atoms with Gasteiger partial charge in [0, 0.05) is 37.3 Å². The summed E-state index contributed by atoms with van der Waals surface area (Å²) in [5.41, 5.74) is 1.56. The van der Waals surface area contributed by atoms with E-state index in [-0.39, 0.29) is 17.1 Å². The molecule has 1 fully saturated rings. The number of ether oxygens (including phenoxy) is 3. The molecule has 0 saturated carbocycles. The van der Waals surface area contributed by atoms with Crippen LogP contribution in [0.5, 0.6) is 11.5 Å². The Balaban J connectivity index is 1.69. The van der Waals surface area contributed by atoms with Gasteiger partial charge in [0.15, 0.2) is 0 Å². The highest BCUT2D eigenvalue weighted by Gasteiger charge is 2.34. The second kappa shape index (κ2) is 9.56. The Morgan fingerprint density at radius 1 is 1.10 bits per heavy atom. The van der Waals surface area contributed by atoms with Crippen molar-refractivity contribution < 1.29 is 23.4 Å². The Labute approximate surface area is 170 Å². The van der Waals surface area contributed by atoms with Gasteiger partial charge in [-0.1, -0.05) is 12.1 Å². The fraction of sp³-hybridized carbons (Fsp3) is 0.348. The Bertz CT molecular complexity index is 835. The largest absolute Gasteiger partial charge is 0.497 e. The number of hydrogen-bond donors (Lipinski definition) is 1. The molecule has 0 atom stereocenters. The van der Waals surface area contributed by atoms with E-state index in [2.05, 4.69) is 5.32 Å². The normalized spacial score (nSPS) is 15.8. The molecule has 0 aliphatic carbocycles. The minimum atomic E-state index is -0.267. The number of halogens is 1. The molecule has 154 valence electrons. The van der Waals surface area contributed by atoms with E-state index in [1.54, 1.807) is 38.5 Å². The third-order valence-electron chi connectivity index (χ3n) is 5.31. The summed E-state index contributed by atoms with van der Waals surface area (Å²) < 4.78 is 29.3. The van der Waals surface area contributed by atoms with Crippen molar-refractivity contribution in [1.29, 1.82) is 0 Å². The van der Waals surface area contributed by atoms with Crippen LogP contribution in [-0.4, -0.2) is 39.9 Å². The minimum Gasteiger partial charge on any atom is -0.497 e. The van der Waals surface area contributed by atoms with Gasteiger partial charge in [0.05, 0.1) is 14.2 Å². The first-order valence-electron chi connectivity index (χ1n) is 9.57. The molecular formula is C23H26FNO4. The van der Waals surface area contributed by atoms with Crippen LogP contribution in [0.2, 0.25) is 0 Å². The number of methoxy groups -OCH3 is 2. The van der Waals surface area contributed by atoms with Gasteiger partial charge in [0.25, 0.3) is 0 Å². The molecule has 5 nitrogen and oxygen atoms in total.